The van der Waals surface area contributed by atoms with Crippen molar-refractivity contribution in [3.8, 4) is 6.01 Å². The molecule has 6 fully saturated rings. The lowest BCUT2D eigenvalue weighted by atomic mass is 9.93. The van der Waals surface area contributed by atoms with Crippen molar-refractivity contribution in [2.45, 2.75) is 140 Å². The van der Waals surface area contributed by atoms with Crippen LogP contribution in [0, 0.1) is 11.8 Å². The molecule has 3 aliphatic carbocycles. The van der Waals surface area contributed by atoms with Crippen molar-refractivity contribution in [2.75, 3.05) is 17.2 Å². The van der Waals surface area contributed by atoms with Crippen molar-refractivity contribution < 1.29 is 33.5 Å². The lowest BCUT2D eigenvalue weighted by Crippen LogP contribution is -2.56. The highest BCUT2D eigenvalue weighted by Gasteiger charge is 2.60. The second-order valence-corrected chi connectivity index (χ2v) is 13.4. The Hall–Kier alpha value is -1.83. The zero-order valence-electron chi connectivity index (χ0n) is 23.9. The third kappa shape index (κ3) is 5.50. The van der Waals surface area contributed by atoms with Crippen LogP contribution in [0.4, 0.5) is 11.9 Å². The minimum atomic E-state index is -0.782. The first-order valence-corrected chi connectivity index (χ1v) is 15.1. The average Bonchev–Trinajstić information content (AvgIpc) is 3.65. The van der Waals surface area contributed by atoms with Crippen molar-refractivity contribution in [3.63, 3.8) is 0 Å². The molecule has 2 bridgehead atoms. The number of aromatic nitrogens is 3. The Morgan fingerprint density at radius 1 is 0.800 bits per heavy atom. The first kappa shape index (κ1) is 27.0. The largest absolute Gasteiger partial charge is 0.460 e. The van der Waals surface area contributed by atoms with Crippen LogP contribution < -0.4 is 15.4 Å². The lowest BCUT2D eigenvalue weighted by molar-refractivity contribution is -0.238. The highest BCUT2D eigenvalue weighted by molar-refractivity contribution is 5.38. The Morgan fingerprint density at radius 3 is 2.23 bits per heavy atom. The molecule has 12 nitrogen and oxygen atoms in total. The van der Waals surface area contributed by atoms with Crippen LogP contribution in [-0.4, -0.2) is 87.1 Å². The van der Waals surface area contributed by atoms with Gasteiger partial charge in [0.05, 0.1) is 6.10 Å². The van der Waals surface area contributed by atoms with Gasteiger partial charge in [0, 0.05) is 12.1 Å². The number of fused-ring (bicyclic) bond motifs is 5. The van der Waals surface area contributed by atoms with Gasteiger partial charge in [-0.05, 0) is 84.5 Å². The van der Waals surface area contributed by atoms with Crippen LogP contribution in [0.25, 0.3) is 0 Å². The van der Waals surface area contributed by atoms with Gasteiger partial charge in [-0.3, -0.25) is 0 Å². The smallest absolute Gasteiger partial charge is 0.323 e. The molecule has 40 heavy (non-hydrogen) atoms. The third-order valence-electron chi connectivity index (χ3n) is 9.32. The van der Waals surface area contributed by atoms with Crippen LogP contribution >= 0.6 is 0 Å². The van der Waals surface area contributed by atoms with Crippen LogP contribution in [0.1, 0.15) is 79.1 Å². The quantitative estimate of drug-likeness (QED) is 0.451. The number of aliphatic hydroxyl groups is 1. The summed E-state index contributed by atoms with van der Waals surface area (Å²) in [6, 6.07) is 0.797. The first-order valence-electron chi connectivity index (χ1n) is 15.1. The molecule has 3 N–H and O–H groups in total. The van der Waals surface area contributed by atoms with Crippen LogP contribution in [0.15, 0.2) is 0 Å². The molecule has 1 aromatic rings. The molecule has 12 heteroatoms. The number of hydrogen-bond acceptors (Lipinski definition) is 12. The molecule has 0 unspecified atom stereocenters. The summed E-state index contributed by atoms with van der Waals surface area (Å²) in [7, 11) is 0. The van der Waals surface area contributed by atoms with Crippen LogP contribution in [0.5, 0.6) is 6.01 Å². The van der Waals surface area contributed by atoms with E-state index in [2.05, 4.69) is 20.6 Å². The summed E-state index contributed by atoms with van der Waals surface area (Å²) in [5, 5.41) is 17.0. The molecule has 0 aromatic carbocycles. The van der Waals surface area contributed by atoms with Crippen molar-refractivity contribution >= 4 is 11.9 Å². The van der Waals surface area contributed by atoms with Gasteiger partial charge in [-0.25, -0.2) is 0 Å². The van der Waals surface area contributed by atoms with E-state index in [1.54, 1.807) is 0 Å². The first-order chi connectivity index (χ1) is 19.1. The summed E-state index contributed by atoms with van der Waals surface area (Å²) in [5.74, 6) is 0.919. The fourth-order valence-corrected chi connectivity index (χ4v) is 7.52. The van der Waals surface area contributed by atoms with Gasteiger partial charge in [0.15, 0.2) is 17.9 Å². The zero-order chi connectivity index (χ0) is 27.6. The maximum atomic E-state index is 9.92. The summed E-state index contributed by atoms with van der Waals surface area (Å²) in [6.45, 7) is 7.67. The molecule has 3 aliphatic heterocycles. The lowest BCUT2D eigenvalue weighted by Gasteiger charge is -2.36. The van der Waals surface area contributed by atoms with E-state index in [-0.39, 0.29) is 30.9 Å². The van der Waals surface area contributed by atoms with Gasteiger partial charge in [-0.1, -0.05) is 6.42 Å². The number of nitrogens with zero attached hydrogens (tertiary/aromatic N) is 3. The predicted molar refractivity (Wildman–Crippen MR) is 143 cm³/mol. The molecule has 3 saturated heterocycles. The monoisotopic (exact) mass is 561 g/mol. The van der Waals surface area contributed by atoms with E-state index < -0.39 is 36.2 Å². The molecule has 3 saturated carbocycles. The van der Waals surface area contributed by atoms with E-state index in [0.717, 1.165) is 38.0 Å². The Bertz CT molecular complexity index is 1080. The van der Waals surface area contributed by atoms with Crippen LogP contribution in [0.3, 0.4) is 0 Å². The highest BCUT2D eigenvalue weighted by Crippen LogP contribution is 2.46. The molecule has 1 aromatic heterocycles. The Balaban J connectivity index is 1.08. The third-order valence-corrected chi connectivity index (χ3v) is 9.32. The molecule has 7 rings (SSSR count). The van der Waals surface area contributed by atoms with Gasteiger partial charge >= 0.3 is 6.01 Å². The second kappa shape index (κ2) is 10.2. The molecule has 6 aliphatic rings. The van der Waals surface area contributed by atoms with Crippen molar-refractivity contribution in [3.05, 3.63) is 0 Å². The Morgan fingerprint density at radius 2 is 1.50 bits per heavy atom. The summed E-state index contributed by atoms with van der Waals surface area (Å²) in [6.07, 6.45) is 5.88. The van der Waals surface area contributed by atoms with Gasteiger partial charge in [0.2, 0.25) is 11.9 Å². The molecule has 8 atom stereocenters. The molecule has 4 heterocycles. The molecular weight excluding hydrogens is 518 g/mol. The topological polar surface area (TPSA) is 138 Å². The fraction of sp³-hybridized carbons (Fsp3) is 0.893. The summed E-state index contributed by atoms with van der Waals surface area (Å²) in [5.41, 5.74) is 0. The van der Waals surface area contributed by atoms with Gasteiger partial charge < -0.3 is 44.2 Å². The molecule has 0 amide bonds. The summed E-state index contributed by atoms with van der Waals surface area (Å²) in [4.78, 5) is 14.0. The molecule has 0 radical (unpaired) electrons. The van der Waals surface area contributed by atoms with Gasteiger partial charge in [0.1, 0.15) is 31.0 Å². The average molecular weight is 562 g/mol. The molecule has 222 valence electrons. The maximum Gasteiger partial charge on any atom is 0.323 e. The van der Waals surface area contributed by atoms with E-state index in [1.165, 1.54) is 19.3 Å². The number of anilines is 2. The molecule has 0 spiro atoms. The minimum absolute atomic E-state index is 0.153. The second-order valence-electron chi connectivity index (χ2n) is 13.4. The summed E-state index contributed by atoms with van der Waals surface area (Å²) >= 11 is 0. The SMILES string of the molecule is CC1(C)O[C@H]2[C@@H](O1)[C@@H](COc1nc(NC3CCC(O)CC3)nc(N[C@H]3C[C@@H]4CC[C@H]3C4)n1)O[C@@H]1OC(C)(C)O[C@@H]12. The molecular formula is C28H43N5O7. The number of nitrogens with one attached hydrogen (secondary N) is 2. The van der Waals surface area contributed by atoms with Gasteiger partial charge in [-0.15, -0.1) is 0 Å². The predicted octanol–water partition coefficient (Wildman–Crippen LogP) is 2.96. The van der Waals surface area contributed by atoms with Gasteiger partial charge in [0.25, 0.3) is 0 Å². The van der Waals surface area contributed by atoms with Crippen molar-refractivity contribution in [1.29, 1.82) is 0 Å². The number of ether oxygens (including phenoxy) is 6. The standard InChI is InChI=1S/C28H43N5O7/c1-27(2)37-20-19(36-23-22(21(20)38-27)39-28(3,4)40-23)13-35-26-32-24(29-16-7-9-17(34)10-8-16)31-25(33-26)30-18-12-14-5-6-15(18)11-14/h14-23,34H,5-13H2,1-4H3,(H2,29,30,31,32,33)/t14-,15+,16?,17?,18+,19-,20+,21+,22-,23-/m1/s1. The minimum Gasteiger partial charge on any atom is -0.460 e. The number of rotatable bonds is 7. The van der Waals surface area contributed by atoms with E-state index in [1.807, 2.05) is 27.7 Å². The number of aliphatic hydroxyl groups excluding tert-OH is 1. The van der Waals surface area contributed by atoms with E-state index >= 15 is 0 Å². The maximum absolute atomic E-state index is 9.92. The van der Waals surface area contributed by atoms with E-state index in [9.17, 15) is 5.11 Å². The van der Waals surface area contributed by atoms with Crippen LogP contribution in [0.2, 0.25) is 0 Å². The van der Waals surface area contributed by atoms with Crippen molar-refractivity contribution in [1.82, 2.24) is 15.0 Å². The zero-order valence-corrected chi connectivity index (χ0v) is 23.9. The fourth-order valence-electron chi connectivity index (χ4n) is 7.52. The number of hydrogen-bond donors (Lipinski definition) is 3. The normalized spacial score (nSPS) is 42.8. The van der Waals surface area contributed by atoms with E-state index in [4.69, 9.17) is 33.4 Å². The summed E-state index contributed by atoms with van der Waals surface area (Å²) < 4.78 is 37.1. The van der Waals surface area contributed by atoms with E-state index in [0.29, 0.717) is 23.9 Å². The van der Waals surface area contributed by atoms with Crippen LogP contribution in [-0.2, 0) is 23.7 Å². The highest BCUT2D eigenvalue weighted by atomic mass is 16.9. The Kier molecular flexibility index (Phi) is 6.87. The Labute approximate surface area is 235 Å². The van der Waals surface area contributed by atoms with Gasteiger partial charge in [-0.2, -0.15) is 15.0 Å². The van der Waals surface area contributed by atoms with Crippen molar-refractivity contribution in [2.24, 2.45) is 11.8 Å².